The number of hydrogen-bond acceptors (Lipinski definition) is 6. The lowest BCUT2D eigenvalue weighted by Crippen LogP contribution is -1.96. The fourth-order valence-electron chi connectivity index (χ4n) is 2.28. The van der Waals surface area contributed by atoms with E-state index >= 15 is 0 Å². The Hall–Kier alpha value is -3.41. The van der Waals surface area contributed by atoms with E-state index in [1.807, 2.05) is 37.3 Å². The van der Waals surface area contributed by atoms with Crippen molar-refractivity contribution in [3.63, 3.8) is 0 Å². The van der Waals surface area contributed by atoms with E-state index in [4.69, 9.17) is 8.83 Å². The van der Waals surface area contributed by atoms with E-state index in [2.05, 4.69) is 20.3 Å². The van der Waals surface area contributed by atoms with Gasteiger partial charge in [0.15, 0.2) is 11.5 Å². The van der Waals surface area contributed by atoms with Gasteiger partial charge < -0.3 is 14.2 Å². The summed E-state index contributed by atoms with van der Waals surface area (Å²) in [6.07, 6.45) is 4.97. The zero-order valence-corrected chi connectivity index (χ0v) is 12.9. The second-order valence-electron chi connectivity index (χ2n) is 5.26. The lowest BCUT2D eigenvalue weighted by Gasteiger charge is -2.06. The van der Waals surface area contributed by atoms with Gasteiger partial charge in [-0.15, -0.1) is 0 Å². The molecule has 0 atom stereocenters. The number of hydrogen-bond donors (Lipinski definition) is 1. The molecule has 0 spiro atoms. The van der Waals surface area contributed by atoms with Gasteiger partial charge in [0.2, 0.25) is 0 Å². The monoisotopic (exact) mass is 318 g/mol. The molecule has 0 aromatic carbocycles. The molecule has 6 nitrogen and oxygen atoms in total. The summed E-state index contributed by atoms with van der Waals surface area (Å²) in [5, 5.41) is 3.19. The maximum atomic E-state index is 5.73. The van der Waals surface area contributed by atoms with Crippen LogP contribution < -0.4 is 5.32 Å². The highest BCUT2D eigenvalue weighted by molar-refractivity contribution is 5.60. The van der Waals surface area contributed by atoms with Crippen LogP contribution in [0.1, 0.15) is 5.56 Å². The van der Waals surface area contributed by atoms with E-state index in [-0.39, 0.29) is 0 Å². The standard InChI is InChI=1S/C18H14N4O2/c1-12-7-8-19-17(10-12)22-16-6-2-4-13(21-16)15-11-20-18(24-15)14-5-3-9-23-14/h2-11H,1H3,(H,19,21,22). The predicted molar refractivity (Wildman–Crippen MR) is 89.7 cm³/mol. The molecule has 0 aliphatic heterocycles. The lowest BCUT2D eigenvalue weighted by atomic mass is 10.3. The number of oxazole rings is 1. The summed E-state index contributed by atoms with van der Waals surface area (Å²) in [7, 11) is 0. The fourth-order valence-corrected chi connectivity index (χ4v) is 2.28. The molecule has 118 valence electrons. The van der Waals surface area contributed by atoms with Crippen molar-refractivity contribution in [3.8, 4) is 23.1 Å². The molecule has 0 unspecified atom stereocenters. The van der Waals surface area contributed by atoms with Crippen LogP contribution in [0, 0.1) is 6.92 Å². The van der Waals surface area contributed by atoms with Gasteiger partial charge in [-0.25, -0.2) is 15.0 Å². The van der Waals surface area contributed by atoms with Gasteiger partial charge in [-0.2, -0.15) is 0 Å². The first kappa shape index (κ1) is 14.2. The lowest BCUT2D eigenvalue weighted by molar-refractivity contribution is 0.523. The number of rotatable bonds is 4. The summed E-state index contributed by atoms with van der Waals surface area (Å²) in [4.78, 5) is 13.1. The van der Waals surface area contributed by atoms with Crippen LogP contribution in [0.25, 0.3) is 23.1 Å². The molecule has 0 radical (unpaired) electrons. The first-order valence-electron chi connectivity index (χ1n) is 7.45. The molecule has 0 fully saturated rings. The van der Waals surface area contributed by atoms with Crippen LogP contribution in [-0.4, -0.2) is 15.0 Å². The molecule has 4 aromatic rings. The third-order valence-corrected chi connectivity index (χ3v) is 3.41. The molecule has 0 amide bonds. The van der Waals surface area contributed by atoms with Gasteiger partial charge in [-0.1, -0.05) is 6.07 Å². The summed E-state index contributed by atoms with van der Waals surface area (Å²) in [6.45, 7) is 2.02. The Morgan fingerprint density at radius 3 is 2.75 bits per heavy atom. The third kappa shape index (κ3) is 2.89. The minimum Gasteiger partial charge on any atom is -0.459 e. The highest BCUT2D eigenvalue weighted by atomic mass is 16.4. The second-order valence-corrected chi connectivity index (χ2v) is 5.26. The number of aromatic nitrogens is 3. The molecule has 4 aromatic heterocycles. The number of nitrogens with zero attached hydrogens (tertiary/aromatic N) is 3. The first-order chi connectivity index (χ1) is 11.8. The molecule has 0 aliphatic carbocycles. The smallest absolute Gasteiger partial charge is 0.263 e. The zero-order valence-electron chi connectivity index (χ0n) is 12.9. The van der Waals surface area contributed by atoms with Gasteiger partial charge in [0, 0.05) is 6.20 Å². The van der Waals surface area contributed by atoms with Crippen LogP contribution in [-0.2, 0) is 0 Å². The normalized spacial score (nSPS) is 10.7. The average Bonchev–Trinajstić information content (AvgIpc) is 3.27. The highest BCUT2D eigenvalue weighted by Crippen LogP contribution is 2.26. The van der Waals surface area contributed by atoms with Crippen LogP contribution in [0.4, 0.5) is 11.6 Å². The van der Waals surface area contributed by atoms with Crippen molar-refractivity contribution >= 4 is 11.6 Å². The van der Waals surface area contributed by atoms with E-state index < -0.39 is 0 Å². The van der Waals surface area contributed by atoms with Gasteiger partial charge in [-0.05, 0) is 48.9 Å². The van der Waals surface area contributed by atoms with Crippen molar-refractivity contribution in [1.82, 2.24) is 15.0 Å². The van der Waals surface area contributed by atoms with Crippen LogP contribution in [0.3, 0.4) is 0 Å². The molecular formula is C18H14N4O2. The van der Waals surface area contributed by atoms with E-state index in [0.717, 1.165) is 11.4 Å². The molecule has 24 heavy (non-hydrogen) atoms. The number of furan rings is 1. The first-order valence-corrected chi connectivity index (χ1v) is 7.45. The molecule has 4 heterocycles. The second kappa shape index (κ2) is 6.00. The van der Waals surface area contributed by atoms with Crippen LogP contribution in [0.5, 0.6) is 0 Å². The van der Waals surface area contributed by atoms with E-state index in [0.29, 0.717) is 28.9 Å². The predicted octanol–water partition coefficient (Wildman–Crippen LogP) is 4.44. The molecule has 0 saturated carbocycles. The van der Waals surface area contributed by atoms with Crippen molar-refractivity contribution in [1.29, 1.82) is 0 Å². The molecule has 0 aliphatic rings. The number of aryl methyl sites for hydroxylation is 1. The van der Waals surface area contributed by atoms with Gasteiger partial charge in [0.1, 0.15) is 17.3 Å². The zero-order chi connectivity index (χ0) is 16.4. The largest absolute Gasteiger partial charge is 0.459 e. The Balaban J connectivity index is 1.61. The fraction of sp³-hybridized carbons (Fsp3) is 0.0556. The van der Waals surface area contributed by atoms with E-state index in [9.17, 15) is 0 Å². The number of anilines is 2. The summed E-state index contributed by atoms with van der Waals surface area (Å²) in [5.41, 5.74) is 1.81. The Bertz CT molecular complexity index is 961. The molecule has 0 saturated heterocycles. The number of pyridine rings is 2. The minimum absolute atomic E-state index is 0.426. The maximum absolute atomic E-state index is 5.73. The minimum atomic E-state index is 0.426. The van der Waals surface area contributed by atoms with Crippen LogP contribution in [0.2, 0.25) is 0 Å². The number of nitrogens with one attached hydrogen (secondary N) is 1. The molecule has 0 bridgehead atoms. The highest BCUT2D eigenvalue weighted by Gasteiger charge is 2.12. The topological polar surface area (TPSA) is 77.0 Å². The van der Waals surface area contributed by atoms with Crippen molar-refractivity contribution < 1.29 is 8.83 Å². The SMILES string of the molecule is Cc1ccnc(Nc2cccc(-c3cnc(-c4ccco4)o3)n2)c1. The van der Waals surface area contributed by atoms with Crippen molar-refractivity contribution in [2.45, 2.75) is 6.92 Å². The van der Waals surface area contributed by atoms with Gasteiger partial charge in [0.05, 0.1) is 12.5 Å². The average molecular weight is 318 g/mol. The Morgan fingerprint density at radius 2 is 1.92 bits per heavy atom. The molecular weight excluding hydrogens is 304 g/mol. The van der Waals surface area contributed by atoms with E-state index in [1.165, 1.54) is 0 Å². The third-order valence-electron chi connectivity index (χ3n) is 3.41. The van der Waals surface area contributed by atoms with Gasteiger partial charge >= 0.3 is 0 Å². The summed E-state index contributed by atoms with van der Waals surface area (Å²) in [6, 6.07) is 13.1. The van der Waals surface area contributed by atoms with Crippen molar-refractivity contribution in [2.24, 2.45) is 0 Å². The van der Waals surface area contributed by atoms with Gasteiger partial charge in [0.25, 0.3) is 5.89 Å². The summed E-state index contributed by atoms with van der Waals surface area (Å²) >= 11 is 0. The van der Waals surface area contributed by atoms with Crippen LogP contribution in [0.15, 0.2) is 70.0 Å². The molecule has 6 heteroatoms. The summed E-state index contributed by atoms with van der Waals surface area (Å²) in [5.74, 6) is 3.01. The Kier molecular flexibility index (Phi) is 3.55. The Morgan fingerprint density at radius 1 is 0.958 bits per heavy atom. The van der Waals surface area contributed by atoms with E-state index in [1.54, 1.807) is 30.8 Å². The summed E-state index contributed by atoms with van der Waals surface area (Å²) < 4.78 is 11.0. The maximum Gasteiger partial charge on any atom is 0.263 e. The van der Waals surface area contributed by atoms with Crippen molar-refractivity contribution in [2.75, 3.05) is 5.32 Å². The Labute approximate surface area is 138 Å². The quantitative estimate of drug-likeness (QED) is 0.599. The molecule has 1 N–H and O–H groups in total. The van der Waals surface area contributed by atoms with Gasteiger partial charge in [-0.3, -0.25) is 0 Å². The molecule has 4 rings (SSSR count). The van der Waals surface area contributed by atoms with Crippen LogP contribution >= 0.6 is 0 Å². The van der Waals surface area contributed by atoms with Crippen molar-refractivity contribution in [3.05, 3.63) is 66.7 Å².